The Morgan fingerprint density at radius 2 is 1.35 bits per heavy atom. The fraction of sp³-hybridized carbons (Fsp3) is 0.200. The van der Waals surface area contributed by atoms with E-state index in [0.29, 0.717) is 5.66 Å². The zero-order valence-corrected chi connectivity index (χ0v) is 11.1. The minimum atomic E-state index is -0.591. The third-order valence-corrected chi connectivity index (χ3v) is 4.58. The molecule has 2 aromatic carbocycles. The van der Waals surface area contributed by atoms with E-state index >= 15 is 0 Å². The summed E-state index contributed by atoms with van der Waals surface area (Å²) in [6, 6.07) is 20.5. The number of para-hydroxylation sites is 1. The highest BCUT2D eigenvalue weighted by Crippen LogP contribution is 2.41. The number of benzene rings is 2. The van der Waals surface area contributed by atoms with Crippen molar-refractivity contribution in [2.75, 3.05) is 0 Å². The Hall–Kier alpha value is -1.33. The molecule has 0 fully saturated rings. The molecular weight excluding hydrogens is 227 g/mol. The first kappa shape index (κ1) is 12.1. The van der Waals surface area contributed by atoms with Gasteiger partial charge in [-0.2, -0.15) is 0 Å². The Labute approximate surface area is 104 Å². The topological polar surface area (TPSA) is 9.23 Å². The van der Waals surface area contributed by atoms with E-state index < -0.39 is 8.15 Å². The lowest BCUT2D eigenvalue weighted by molar-refractivity contribution is 0.612. The maximum atomic E-state index is 6.13. The fourth-order valence-electron chi connectivity index (χ4n) is 1.63. The van der Waals surface area contributed by atoms with Gasteiger partial charge in [0, 0.05) is 11.0 Å². The lowest BCUT2D eigenvalue weighted by Gasteiger charge is -2.22. The average molecular weight is 244 g/mol. The molecule has 2 rings (SSSR count). The third kappa shape index (κ3) is 3.31. The smallest absolute Gasteiger partial charge is 0.123 e. The van der Waals surface area contributed by atoms with Crippen molar-refractivity contribution in [3.63, 3.8) is 0 Å². The Morgan fingerprint density at radius 1 is 0.824 bits per heavy atom. The van der Waals surface area contributed by atoms with E-state index in [1.807, 2.05) is 36.4 Å². The highest BCUT2D eigenvalue weighted by atomic mass is 31.1. The minimum Gasteiger partial charge on any atom is -0.469 e. The summed E-state index contributed by atoms with van der Waals surface area (Å²) in [4.78, 5) is 0. The molecule has 2 heteroatoms. The van der Waals surface area contributed by atoms with Crippen molar-refractivity contribution in [1.29, 1.82) is 0 Å². The van der Waals surface area contributed by atoms with Crippen molar-refractivity contribution in [3.8, 4) is 5.75 Å². The van der Waals surface area contributed by atoms with E-state index in [4.69, 9.17) is 4.52 Å². The highest BCUT2D eigenvalue weighted by Gasteiger charge is 2.17. The van der Waals surface area contributed by atoms with Gasteiger partial charge in [-0.05, 0) is 12.1 Å². The van der Waals surface area contributed by atoms with E-state index in [1.165, 1.54) is 5.30 Å². The van der Waals surface area contributed by atoms with Gasteiger partial charge in [0.2, 0.25) is 0 Å². The summed E-state index contributed by atoms with van der Waals surface area (Å²) in [7, 11) is -0.591. The van der Waals surface area contributed by atoms with Crippen molar-refractivity contribution >= 4 is 13.5 Å². The van der Waals surface area contributed by atoms with E-state index in [-0.39, 0.29) is 0 Å². The predicted molar refractivity (Wildman–Crippen MR) is 75.2 cm³/mol. The van der Waals surface area contributed by atoms with E-state index in [2.05, 4.69) is 38.1 Å². The summed E-state index contributed by atoms with van der Waals surface area (Å²) in [5.74, 6) is 0.955. The quantitative estimate of drug-likeness (QED) is 0.732. The fourth-order valence-corrected chi connectivity index (χ4v) is 3.35. The van der Waals surface area contributed by atoms with Crippen LogP contribution in [0.2, 0.25) is 0 Å². The molecule has 0 aliphatic carbocycles. The summed E-state index contributed by atoms with van der Waals surface area (Å²) < 4.78 is 6.13. The molecule has 88 valence electrons. The van der Waals surface area contributed by atoms with Crippen molar-refractivity contribution < 1.29 is 4.52 Å². The maximum absolute atomic E-state index is 6.13. The van der Waals surface area contributed by atoms with Gasteiger partial charge in [-0.25, -0.2) is 0 Å². The number of hydrogen-bond acceptors (Lipinski definition) is 1. The molecule has 0 aliphatic rings. The number of hydrogen-bond donors (Lipinski definition) is 0. The third-order valence-electron chi connectivity index (χ3n) is 2.43. The van der Waals surface area contributed by atoms with Crippen LogP contribution in [0.5, 0.6) is 5.75 Å². The molecule has 0 amide bonds. The van der Waals surface area contributed by atoms with E-state index in [9.17, 15) is 0 Å². The van der Waals surface area contributed by atoms with Gasteiger partial charge in [-0.15, -0.1) is 0 Å². The van der Waals surface area contributed by atoms with Gasteiger partial charge in [0.1, 0.15) is 13.9 Å². The summed E-state index contributed by atoms with van der Waals surface area (Å²) in [5, 5.41) is 1.29. The van der Waals surface area contributed by atoms with Crippen LogP contribution in [0.3, 0.4) is 0 Å². The van der Waals surface area contributed by atoms with E-state index in [0.717, 1.165) is 5.75 Å². The zero-order valence-electron chi connectivity index (χ0n) is 10.2. The molecule has 0 N–H and O–H groups in total. The van der Waals surface area contributed by atoms with Crippen molar-refractivity contribution in [3.05, 3.63) is 60.7 Å². The van der Waals surface area contributed by atoms with Crippen LogP contribution in [0.1, 0.15) is 13.8 Å². The summed E-state index contributed by atoms with van der Waals surface area (Å²) in [5.41, 5.74) is 0.507. The molecule has 0 bridgehead atoms. The minimum absolute atomic E-state index is 0.507. The van der Waals surface area contributed by atoms with Crippen molar-refractivity contribution in [2.24, 2.45) is 0 Å². The van der Waals surface area contributed by atoms with Crippen LogP contribution in [0.4, 0.5) is 0 Å². The molecule has 1 nitrogen and oxygen atoms in total. The molecule has 2 aromatic rings. The molecule has 0 spiro atoms. The Balaban J connectivity index is 2.20. The second kappa shape index (κ2) is 5.84. The van der Waals surface area contributed by atoms with Crippen LogP contribution in [-0.4, -0.2) is 5.66 Å². The highest BCUT2D eigenvalue weighted by molar-refractivity contribution is 7.61. The van der Waals surface area contributed by atoms with Gasteiger partial charge in [0.25, 0.3) is 0 Å². The second-order valence-electron chi connectivity index (χ2n) is 4.16. The average Bonchev–Trinajstić information content (AvgIpc) is 2.38. The van der Waals surface area contributed by atoms with Crippen LogP contribution < -0.4 is 9.83 Å². The standard InChI is InChI=1S/C15H17OP/c1-13(2)17(15-11-7-4-8-12-15)16-14-9-5-3-6-10-14/h3-13H,1-2H3. The number of rotatable bonds is 4. The summed E-state index contributed by atoms with van der Waals surface area (Å²) in [6.45, 7) is 4.42. The first-order valence-corrected chi connectivity index (χ1v) is 7.17. The normalized spacial score (nSPS) is 12.4. The Morgan fingerprint density at radius 3 is 1.88 bits per heavy atom. The van der Waals surface area contributed by atoms with Crippen LogP contribution in [0.15, 0.2) is 60.7 Å². The molecule has 0 aromatic heterocycles. The van der Waals surface area contributed by atoms with E-state index in [1.54, 1.807) is 0 Å². The maximum Gasteiger partial charge on any atom is 0.123 e. The SMILES string of the molecule is CC(C)P(Oc1ccccc1)c1ccccc1. The molecule has 1 atom stereocenters. The lowest BCUT2D eigenvalue weighted by Crippen LogP contribution is -2.12. The summed E-state index contributed by atoms with van der Waals surface area (Å²) >= 11 is 0. The van der Waals surface area contributed by atoms with Gasteiger partial charge >= 0.3 is 0 Å². The van der Waals surface area contributed by atoms with Crippen LogP contribution in [0.25, 0.3) is 0 Å². The van der Waals surface area contributed by atoms with Gasteiger partial charge in [0.15, 0.2) is 0 Å². The Bertz CT molecular complexity index is 439. The molecule has 17 heavy (non-hydrogen) atoms. The van der Waals surface area contributed by atoms with Crippen molar-refractivity contribution in [2.45, 2.75) is 19.5 Å². The molecule has 1 unspecified atom stereocenters. The van der Waals surface area contributed by atoms with Gasteiger partial charge in [-0.1, -0.05) is 62.4 Å². The first-order valence-electron chi connectivity index (χ1n) is 5.84. The Kier molecular flexibility index (Phi) is 4.17. The van der Waals surface area contributed by atoms with Crippen LogP contribution in [0, 0.1) is 0 Å². The molecule has 0 aliphatic heterocycles. The molecule has 0 saturated carbocycles. The first-order chi connectivity index (χ1) is 8.27. The van der Waals surface area contributed by atoms with Gasteiger partial charge in [0.05, 0.1) is 0 Å². The molecule has 0 heterocycles. The van der Waals surface area contributed by atoms with Gasteiger partial charge < -0.3 is 4.52 Å². The monoisotopic (exact) mass is 244 g/mol. The molecular formula is C15H17OP. The van der Waals surface area contributed by atoms with Crippen LogP contribution in [-0.2, 0) is 0 Å². The van der Waals surface area contributed by atoms with Crippen LogP contribution >= 0.6 is 8.15 Å². The summed E-state index contributed by atoms with van der Waals surface area (Å²) in [6.07, 6.45) is 0. The van der Waals surface area contributed by atoms with Crippen molar-refractivity contribution in [1.82, 2.24) is 0 Å². The zero-order chi connectivity index (χ0) is 12.1. The predicted octanol–water partition coefficient (Wildman–Crippen LogP) is 4.20. The molecule has 0 saturated heterocycles. The second-order valence-corrected chi connectivity index (χ2v) is 6.54. The lowest BCUT2D eigenvalue weighted by atomic mass is 10.3. The molecule has 0 radical (unpaired) electrons. The largest absolute Gasteiger partial charge is 0.469 e. The van der Waals surface area contributed by atoms with Gasteiger partial charge in [-0.3, -0.25) is 0 Å².